The summed E-state index contributed by atoms with van der Waals surface area (Å²) in [6.45, 7) is 4.25. The van der Waals surface area contributed by atoms with Gasteiger partial charge < -0.3 is 0 Å². The molecule has 0 unspecified atom stereocenters. The molecule has 0 spiro atoms. The normalized spacial score (nSPS) is 10.8. The van der Waals surface area contributed by atoms with Crippen LogP contribution in [0.25, 0.3) is 10.9 Å². The molecule has 3 aromatic rings. The van der Waals surface area contributed by atoms with Gasteiger partial charge in [-0.25, -0.2) is 0 Å². The molecule has 3 nitrogen and oxygen atoms in total. The summed E-state index contributed by atoms with van der Waals surface area (Å²) in [7, 11) is 0. The summed E-state index contributed by atoms with van der Waals surface area (Å²) in [4.78, 5) is 12.7. The quantitative estimate of drug-likeness (QED) is 0.704. The molecule has 2 aromatic carbocycles. The summed E-state index contributed by atoms with van der Waals surface area (Å²) in [5.41, 5.74) is 3.16. The van der Waals surface area contributed by atoms with Crippen LogP contribution >= 0.6 is 0 Å². The number of nitrogens with zero attached hydrogens (tertiary/aromatic N) is 2. The number of fused-ring (bicyclic) bond motifs is 1. The molecule has 0 amide bonds. The second-order valence-electron chi connectivity index (χ2n) is 5.65. The van der Waals surface area contributed by atoms with Crippen LogP contribution in [0.5, 0.6) is 0 Å². The van der Waals surface area contributed by atoms with Crippen LogP contribution in [0.2, 0.25) is 0 Å². The highest BCUT2D eigenvalue weighted by Gasteiger charge is 2.12. The van der Waals surface area contributed by atoms with Gasteiger partial charge in [0.25, 0.3) is 5.91 Å². The second-order valence-corrected chi connectivity index (χ2v) is 5.65. The van der Waals surface area contributed by atoms with Crippen molar-refractivity contribution in [2.24, 2.45) is 0 Å². The first kappa shape index (κ1) is 14.1. The molecule has 0 fully saturated rings. The maximum Gasteiger partial charge on any atom is 0.262 e. The number of hydrogen-bond acceptors (Lipinski definition) is 2. The van der Waals surface area contributed by atoms with Crippen molar-refractivity contribution >= 4 is 16.8 Å². The number of benzene rings is 2. The summed E-state index contributed by atoms with van der Waals surface area (Å²) >= 11 is 0. The van der Waals surface area contributed by atoms with Crippen LogP contribution in [0, 0.1) is 11.3 Å². The number of aromatic nitrogens is 1. The van der Waals surface area contributed by atoms with Crippen molar-refractivity contribution in [2.75, 3.05) is 0 Å². The van der Waals surface area contributed by atoms with Crippen molar-refractivity contribution < 1.29 is 4.79 Å². The van der Waals surface area contributed by atoms with E-state index in [1.54, 1.807) is 22.9 Å². The Morgan fingerprint density at radius 1 is 1.09 bits per heavy atom. The van der Waals surface area contributed by atoms with Crippen LogP contribution in [-0.4, -0.2) is 10.5 Å². The van der Waals surface area contributed by atoms with E-state index >= 15 is 0 Å². The Morgan fingerprint density at radius 3 is 2.45 bits per heavy atom. The summed E-state index contributed by atoms with van der Waals surface area (Å²) in [6, 6.07) is 17.1. The van der Waals surface area contributed by atoms with Crippen molar-refractivity contribution in [3.05, 3.63) is 71.4 Å². The zero-order valence-electron chi connectivity index (χ0n) is 12.6. The molecule has 3 heteroatoms. The summed E-state index contributed by atoms with van der Waals surface area (Å²) in [5, 5.41) is 9.97. The van der Waals surface area contributed by atoms with Crippen LogP contribution in [0.4, 0.5) is 0 Å². The number of carbonyl (C=O) groups excluding carboxylic acids is 1. The zero-order chi connectivity index (χ0) is 15.7. The van der Waals surface area contributed by atoms with E-state index in [0.717, 1.165) is 10.9 Å². The molecule has 0 aliphatic carbocycles. The zero-order valence-corrected chi connectivity index (χ0v) is 12.6. The van der Waals surface area contributed by atoms with Gasteiger partial charge in [-0.3, -0.25) is 9.36 Å². The largest absolute Gasteiger partial charge is 0.283 e. The van der Waals surface area contributed by atoms with Crippen molar-refractivity contribution in [3.8, 4) is 6.07 Å². The molecule has 22 heavy (non-hydrogen) atoms. The number of hydrogen-bond donors (Lipinski definition) is 0. The van der Waals surface area contributed by atoms with Gasteiger partial charge in [0.15, 0.2) is 0 Å². The molecule has 0 atom stereocenters. The molecule has 1 aromatic heterocycles. The molecule has 0 N–H and O–H groups in total. The first-order chi connectivity index (χ1) is 10.6. The molecule has 0 aliphatic rings. The van der Waals surface area contributed by atoms with Gasteiger partial charge in [-0.1, -0.05) is 32.0 Å². The van der Waals surface area contributed by atoms with E-state index in [1.807, 2.05) is 36.4 Å². The van der Waals surface area contributed by atoms with E-state index in [0.29, 0.717) is 17.0 Å². The van der Waals surface area contributed by atoms with Crippen LogP contribution in [0.3, 0.4) is 0 Å². The Bertz CT molecular complexity index is 880. The van der Waals surface area contributed by atoms with Gasteiger partial charge in [0.05, 0.1) is 17.1 Å². The van der Waals surface area contributed by atoms with Gasteiger partial charge in [-0.2, -0.15) is 5.26 Å². The van der Waals surface area contributed by atoms with Crippen molar-refractivity contribution in [1.29, 1.82) is 5.26 Å². The highest BCUT2D eigenvalue weighted by molar-refractivity contribution is 6.02. The van der Waals surface area contributed by atoms with Crippen molar-refractivity contribution in [3.63, 3.8) is 0 Å². The van der Waals surface area contributed by atoms with E-state index in [4.69, 9.17) is 5.26 Å². The maximum atomic E-state index is 12.7. The number of nitriles is 1. The fraction of sp³-hybridized carbons (Fsp3) is 0.158. The van der Waals surface area contributed by atoms with Gasteiger partial charge in [0.1, 0.15) is 0 Å². The minimum atomic E-state index is -0.0830. The predicted octanol–water partition coefficient (Wildman–Crippen LogP) is 4.32. The predicted molar refractivity (Wildman–Crippen MR) is 86.9 cm³/mol. The van der Waals surface area contributed by atoms with Crippen LogP contribution in [0.15, 0.2) is 54.7 Å². The average Bonchev–Trinajstić information content (AvgIpc) is 2.97. The molecule has 0 aliphatic heterocycles. The second kappa shape index (κ2) is 5.50. The van der Waals surface area contributed by atoms with E-state index < -0.39 is 0 Å². The van der Waals surface area contributed by atoms with Gasteiger partial charge in [-0.15, -0.1) is 0 Å². The Labute approximate surface area is 129 Å². The number of rotatable bonds is 2. The highest BCUT2D eigenvalue weighted by Crippen LogP contribution is 2.20. The SMILES string of the molecule is CC(C)c1ccc(C(=O)n2ccc3ccc(C#N)cc32)cc1. The third-order valence-corrected chi connectivity index (χ3v) is 3.87. The van der Waals surface area contributed by atoms with Crippen LogP contribution in [-0.2, 0) is 0 Å². The van der Waals surface area contributed by atoms with E-state index in [2.05, 4.69) is 19.9 Å². The van der Waals surface area contributed by atoms with Gasteiger partial charge in [0, 0.05) is 17.1 Å². The summed E-state index contributed by atoms with van der Waals surface area (Å²) in [6.07, 6.45) is 1.75. The molecule has 0 radical (unpaired) electrons. The lowest BCUT2D eigenvalue weighted by atomic mass is 10.0. The Hall–Kier alpha value is -2.86. The van der Waals surface area contributed by atoms with Gasteiger partial charge in [0.2, 0.25) is 0 Å². The third kappa shape index (κ3) is 2.40. The smallest absolute Gasteiger partial charge is 0.262 e. The summed E-state index contributed by atoms with van der Waals surface area (Å²) in [5.74, 6) is 0.357. The lowest BCUT2D eigenvalue weighted by Gasteiger charge is -2.08. The standard InChI is InChI=1S/C19H16N2O/c1-13(2)15-5-7-17(8-6-15)19(22)21-10-9-16-4-3-14(12-20)11-18(16)21/h3-11,13H,1-2H3. The van der Waals surface area contributed by atoms with E-state index in [1.165, 1.54) is 5.56 Å². The third-order valence-electron chi connectivity index (χ3n) is 3.87. The highest BCUT2D eigenvalue weighted by atomic mass is 16.2. The first-order valence-corrected chi connectivity index (χ1v) is 7.26. The Morgan fingerprint density at radius 2 is 1.82 bits per heavy atom. The molecular formula is C19H16N2O. The molecule has 3 rings (SSSR count). The molecule has 0 saturated heterocycles. The van der Waals surface area contributed by atoms with Gasteiger partial charge in [-0.05, 0) is 41.8 Å². The van der Waals surface area contributed by atoms with Crippen LogP contribution in [0.1, 0.15) is 41.3 Å². The molecule has 1 heterocycles. The van der Waals surface area contributed by atoms with Crippen molar-refractivity contribution in [1.82, 2.24) is 4.57 Å². The Kier molecular flexibility index (Phi) is 3.52. The maximum absolute atomic E-state index is 12.7. The molecule has 108 valence electrons. The molecule has 0 bridgehead atoms. The Balaban J connectivity index is 2.03. The fourth-order valence-electron chi connectivity index (χ4n) is 2.52. The van der Waals surface area contributed by atoms with Crippen LogP contribution < -0.4 is 0 Å². The summed E-state index contributed by atoms with van der Waals surface area (Å²) < 4.78 is 1.60. The minimum Gasteiger partial charge on any atom is -0.283 e. The number of carbonyl (C=O) groups is 1. The molecule has 0 saturated carbocycles. The lowest BCUT2D eigenvalue weighted by molar-refractivity contribution is 0.0965. The topological polar surface area (TPSA) is 45.8 Å². The fourth-order valence-corrected chi connectivity index (χ4v) is 2.52. The van der Waals surface area contributed by atoms with Gasteiger partial charge >= 0.3 is 0 Å². The van der Waals surface area contributed by atoms with Crippen molar-refractivity contribution in [2.45, 2.75) is 19.8 Å². The minimum absolute atomic E-state index is 0.0830. The average molecular weight is 288 g/mol. The lowest BCUT2D eigenvalue weighted by Crippen LogP contribution is -2.10. The van der Waals surface area contributed by atoms with E-state index in [-0.39, 0.29) is 5.91 Å². The van der Waals surface area contributed by atoms with E-state index in [9.17, 15) is 4.79 Å². The monoisotopic (exact) mass is 288 g/mol. The molecular weight excluding hydrogens is 272 g/mol. The first-order valence-electron chi connectivity index (χ1n) is 7.26.